The Balaban J connectivity index is 1.84. The average Bonchev–Trinajstić information content (AvgIpc) is 2.73. The van der Waals surface area contributed by atoms with Crippen LogP contribution in [0, 0.1) is 5.82 Å². The quantitative estimate of drug-likeness (QED) is 0.525. The third-order valence-corrected chi connectivity index (χ3v) is 3.82. The number of hydrogen-bond acceptors (Lipinski definition) is 4. The Morgan fingerprint density at radius 2 is 2.00 bits per heavy atom. The molecule has 2 aromatic carbocycles. The molecule has 142 valence electrons. The minimum Gasteiger partial charge on any atom is -0.495 e. The topological polar surface area (TPSA) is 75.6 Å². The molecule has 0 aliphatic rings. The lowest BCUT2D eigenvalue weighted by molar-refractivity contribution is 0.0976. The van der Waals surface area contributed by atoms with Crippen LogP contribution in [0.4, 0.5) is 10.1 Å². The molecule has 2 N–H and O–H groups in total. The van der Waals surface area contributed by atoms with E-state index >= 15 is 0 Å². The summed E-state index contributed by atoms with van der Waals surface area (Å²) >= 11 is 0. The molecule has 0 saturated heterocycles. The first-order valence-electron chi connectivity index (χ1n) is 8.56. The van der Waals surface area contributed by atoms with E-state index in [2.05, 4.69) is 20.6 Å². The van der Waals surface area contributed by atoms with Crippen LogP contribution in [-0.4, -0.2) is 24.0 Å². The van der Waals surface area contributed by atoms with Crippen LogP contribution < -0.4 is 15.4 Å². The molecule has 0 saturated carbocycles. The highest BCUT2D eigenvalue weighted by molar-refractivity contribution is 6.10. The summed E-state index contributed by atoms with van der Waals surface area (Å²) in [7, 11) is 1.55. The first kappa shape index (κ1) is 19.0. The second-order valence-electron chi connectivity index (χ2n) is 5.82. The molecular formula is C21H19FN4O2. The maximum atomic E-state index is 13.4. The van der Waals surface area contributed by atoms with Crippen molar-refractivity contribution < 1.29 is 13.9 Å². The summed E-state index contributed by atoms with van der Waals surface area (Å²) in [6.07, 6.45) is 3.37. The van der Waals surface area contributed by atoms with Crippen molar-refractivity contribution in [1.82, 2.24) is 10.3 Å². The van der Waals surface area contributed by atoms with Gasteiger partial charge in [-0.05, 0) is 42.0 Å². The van der Waals surface area contributed by atoms with Crippen LogP contribution in [-0.2, 0) is 6.54 Å². The van der Waals surface area contributed by atoms with Crippen molar-refractivity contribution in [3.63, 3.8) is 0 Å². The second kappa shape index (κ2) is 9.27. The fourth-order valence-corrected chi connectivity index (χ4v) is 2.46. The number of ether oxygens (including phenoxy) is 1. The maximum absolute atomic E-state index is 13.4. The Hall–Kier alpha value is -3.74. The van der Waals surface area contributed by atoms with Crippen molar-refractivity contribution >= 4 is 17.6 Å². The number of aliphatic imine (C=N–C) groups is 1. The fraction of sp³-hybridized carbons (Fsp3) is 0.0952. The molecule has 3 rings (SSSR count). The molecule has 0 atom stereocenters. The van der Waals surface area contributed by atoms with E-state index in [-0.39, 0.29) is 11.5 Å². The number of carbonyl (C=O) groups is 1. The number of pyridine rings is 1. The zero-order chi connectivity index (χ0) is 19.8. The van der Waals surface area contributed by atoms with E-state index in [1.807, 2.05) is 24.3 Å². The SMILES string of the molecule is COc1ccccc1NC(=NCc1cccnc1)NC(=O)c1cccc(F)c1. The molecule has 3 aromatic rings. The van der Waals surface area contributed by atoms with Gasteiger partial charge in [-0.2, -0.15) is 0 Å². The zero-order valence-electron chi connectivity index (χ0n) is 15.2. The molecule has 7 heteroatoms. The van der Waals surface area contributed by atoms with Gasteiger partial charge in [-0.25, -0.2) is 9.38 Å². The highest BCUT2D eigenvalue weighted by Crippen LogP contribution is 2.22. The van der Waals surface area contributed by atoms with Crippen molar-refractivity contribution in [3.8, 4) is 5.75 Å². The standard InChI is InChI=1S/C21H19FN4O2/c1-28-19-10-3-2-9-18(19)25-21(24-14-15-6-5-11-23-13-15)26-20(27)16-7-4-8-17(22)12-16/h2-13H,14H2,1H3,(H2,24,25,26,27). The molecule has 1 amide bonds. The monoisotopic (exact) mass is 378 g/mol. The summed E-state index contributed by atoms with van der Waals surface area (Å²) in [5.41, 5.74) is 1.70. The minimum absolute atomic E-state index is 0.191. The molecule has 0 unspecified atom stereocenters. The number of hydrogen-bond donors (Lipinski definition) is 2. The number of guanidine groups is 1. The summed E-state index contributed by atoms with van der Waals surface area (Å²) in [5, 5.41) is 5.75. The molecule has 0 fully saturated rings. The molecule has 0 aliphatic heterocycles. The number of para-hydroxylation sites is 2. The van der Waals surface area contributed by atoms with E-state index < -0.39 is 11.7 Å². The Morgan fingerprint density at radius 1 is 1.14 bits per heavy atom. The van der Waals surface area contributed by atoms with Crippen molar-refractivity contribution in [2.75, 3.05) is 12.4 Å². The highest BCUT2D eigenvalue weighted by atomic mass is 19.1. The number of anilines is 1. The third kappa shape index (κ3) is 5.14. The van der Waals surface area contributed by atoms with Crippen molar-refractivity contribution in [1.29, 1.82) is 0 Å². The number of rotatable bonds is 5. The van der Waals surface area contributed by atoms with Gasteiger partial charge >= 0.3 is 0 Å². The van der Waals surface area contributed by atoms with Gasteiger partial charge in [0.25, 0.3) is 5.91 Å². The predicted molar refractivity (Wildman–Crippen MR) is 106 cm³/mol. The molecular weight excluding hydrogens is 359 g/mol. The van der Waals surface area contributed by atoms with Crippen LogP contribution in [0.2, 0.25) is 0 Å². The van der Waals surface area contributed by atoms with E-state index in [9.17, 15) is 9.18 Å². The fourth-order valence-electron chi connectivity index (χ4n) is 2.46. The zero-order valence-corrected chi connectivity index (χ0v) is 15.2. The van der Waals surface area contributed by atoms with Gasteiger partial charge in [0, 0.05) is 18.0 Å². The second-order valence-corrected chi connectivity index (χ2v) is 5.82. The lowest BCUT2D eigenvalue weighted by Gasteiger charge is -2.14. The first-order valence-corrected chi connectivity index (χ1v) is 8.56. The van der Waals surface area contributed by atoms with E-state index in [1.165, 1.54) is 18.2 Å². The van der Waals surface area contributed by atoms with Crippen molar-refractivity contribution in [2.45, 2.75) is 6.54 Å². The number of halogens is 1. The molecule has 0 bridgehead atoms. The van der Waals surface area contributed by atoms with Crippen LogP contribution in [0.15, 0.2) is 78.0 Å². The van der Waals surface area contributed by atoms with Crippen LogP contribution in [0.5, 0.6) is 5.75 Å². The number of nitrogens with zero attached hydrogens (tertiary/aromatic N) is 2. The van der Waals surface area contributed by atoms with Gasteiger partial charge in [0.15, 0.2) is 0 Å². The van der Waals surface area contributed by atoms with E-state index in [4.69, 9.17) is 4.74 Å². The van der Waals surface area contributed by atoms with E-state index in [0.29, 0.717) is 18.0 Å². The van der Waals surface area contributed by atoms with Crippen molar-refractivity contribution in [2.24, 2.45) is 4.99 Å². The molecule has 1 heterocycles. The summed E-state index contributed by atoms with van der Waals surface area (Å²) < 4.78 is 18.8. The summed E-state index contributed by atoms with van der Waals surface area (Å²) in [6.45, 7) is 0.300. The average molecular weight is 378 g/mol. The lowest BCUT2D eigenvalue weighted by atomic mass is 10.2. The third-order valence-electron chi connectivity index (χ3n) is 3.82. The number of benzene rings is 2. The van der Waals surface area contributed by atoms with Gasteiger partial charge in [0.05, 0.1) is 19.3 Å². The molecule has 1 aromatic heterocycles. The molecule has 0 aliphatic carbocycles. The highest BCUT2D eigenvalue weighted by Gasteiger charge is 2.12. The maximum Gasteiger partial charge on any atom is 0.258 e. The summed E-state index contributed by atoms with van der Waals surface area (Å²) in [6, 6.07) is 16.4. The van der Waals surface area contributed by atoms with Gasteiger partial charge in [-0.1, -0.05) is 24.3 Å². The largest absolute Gasteiger partial charge is 0.495 e. The summed E-state index contributed by atoms with van der Waals surface area (Å²) in [4.78, 5) is 21.0. The van der Waals surface area contributed by atoms with Gasteiger partial charge in [0.2, 0.25) is 5.96 Å². The van der Waals surface area contributed by atoms with E-state index in [1.54, 1.807) is 31.6 Å². The van der Waals surface area contributed by atoms with Gasteiger partial charge in [-0.15, -0.1) is 0 Å². The minimum atomic E-state index is -0.487. The van der Waals surface area contributed by atoms with Crippen LogP contribution in [0.25, 0.3) is 0 Å². The lowest BCUT2D eigenvalue weighted by Crippen LogP contribution is -2.36. The number of nitrogens with one attached hydrogen (secondary N) is 2. The first-order chi connectivity index (χ1) is 13.7. The Bertz CT molecular complexity index is 977. The van der Waals surface area contributed by atoms with Crippen LogP contribution in [0.3, 0.4) is 0 Å². The Kier molecular flexibility index (Phi) is 6.30. The van der Waals surface area contributed by atoms with E-state index in [0.717, 1.165) is 11.6 Å². The number of methoxy groups -OCH3 is 1. The Morgan fingerprint density at radius 3 is 2.75 bits per heavy atom. The van der Waals surface area contributed by atoms with Crippen molar-refractivity contribution in [3.05, 3.63) is 90.0 Å². The van der Waals surface area contributed by atoms with Crippen LogP contribution in [0.1, 0.15) is 15.9 Å². The molecule has 0 spiro atoms. The van der Waals surface area contributed by atoms with Gasteiger partial charge in [-0.3, -0.25) is 15.1 Å². The Labute approximate surface area is 162 Å². The number of carbonyl (C=O) groups excluding carboxylic acids is 1. The molecule has 0 radical (unpaired) electrons. The number of amides is 1. The summed E-state index contributed by atoms with van der Waals surface area (Å²) in [5.74, 6) is -0.162. The predicted octanol–water partition coefficient (Wildman–Crippen LogP) is 3.63. The normalized spacial score (nSPS) is 11.0. The molecule has 28 heavy (non-hydrogen) atoms. The van der Waals surface area contributed by atoms with Crippen LogP contribution >= 0.6 is 0 Å². The smallest absolute Gasteiger partial charge is 0.258 e. The van der Waals surface area contributed by atoms with Gasteiger partial charge < -0.3 is 10.1 Å². The molecule has 6 nitrogen and oxygen atoms in total. The number of aromatic nitrogens is 1. The van der Waals surface area contributed by atoms with Gasteiger partial charge in [0.1, 0.15) is 11.6 Å².